The Morgan fingerprint density at radius 3 is 2.34 bits per heavy atom. The Morgan fingerprint density at radius 1 is 0.925 bits per heavy atom. The van der Waals surface area contributed by atoms with Crippen molar-refractivity contribution in [2.45, 2.75) is 121 Å². The van der Waals surface area contributed by atoms with Gasteiger partial charge in [0.2, 0.25) is 35.4 Å². The van der Waals surface area contributed by atoms with Crippen LogP contribution in [0.15, 0.2) is 36.4 Å². The third kappa shape index (κ3) is 9.79. The Hall–Kier alpha value is -4.82. The maximum Gasteiger partial charge on any atom is 0.328 e. The van der Waals surface area contributed by atoms with Gasteiger partial charge in [0.05, 0.1) is 0 Å². The zero-order valence-electron chi connectivity index (χ0n) is 30.5. The highest BCUT2D eigenvalue weighted by Crippen LogP contribution is 2.26. The number of esters is 1. The molecule has 0 unspecified atom stereocenters. The van der Waals surface area contributed by atoms with Crippen molar-refractivity contribution >= 4 is 41.4 Å². The second kappa shape index (κ2) is 18.3. The summed E-state index contributed by atoms with van der Waals surface area (Å²) in [6.07, 6.45) is 8.76. The standard InChI is InChI=1S/C38H51FN6O8/c1-3-4-5-6-17-32(46)41-27(22-25-12-9-13-26(39)21-25)33(47)42-28-23-53-38(52)31-16-11-20-45(31)35(49)24(2)40-34(48)29-14-7-8-18-43(29)37(51)30-15-10-19-44(30)36(28)50/h6,9,12-13,17,21,24,27-31H,3-5,7-8,10-11,14-16,18-20,22-23H2,1-2H3,(H,40,48)(H,41,46)(H,42,47)/b17-6+/t24-,27-,28-,29+,30+,31+/m0/s1. The second-order valence-corrected chi connectivity index (χ2v) is 14.3. The van der Waals surface area contributed by atoms with Crippen molar-refractivity contribution in [3.63, 3.8) is 0 Å². The average molecular weight is 739 g/mol. The number of allylic oxidation sites excluding steroid dienone is 1. The van der Waals surface area contributed by atoms with E-state index in [1.54, 1.807) is 19.1 Å². The van der Waals surface area contributed by atoms with E-state index in [2.05, 4.69) is 16.0 Å². The van der Waals surface area contributed by atoms with Crippen LogP contribution >= 0.6 is 0 Å². The van der Waals surface area contributed by atoms with Crippen LogP contribution in [-0.2, 0) is 44.7 Å². The Bertz CT molecular complexity index is 1590. The molecule has 4 saturated heterocycles. The number of nitrogens with one attached hydrogen (secondary N) is 3. The van der Waals surface area contributed by atoms with Crippen LogP contribution in [0.2, 0.25) is 0 Å². The Morgan fingerprint density at radius 2 is 1.60 bits per heavy atom. The molecule has 5 rings (SSSR count). The number of ether oxygens (including phenoxy) is 1. The highest BCUT2D eigenvalue weighted by atomic mass is 19.1. The lowest BCUT2D eigenvalue weighted by Crippen LogP contribution is -2.62. The molecule has 14 nitrogen and oxygen atoms in total. The zero-order valence-corrected chi connectivity index (χ0v) is 30.5. The van der Waals surface area contributed by atoms with Crippen LogP contribution in [0.1, 0.15) is 83.6 Å². The molecule has 0 aliphatic carbocycles. The Balaban J connectivity index is 1.45. The molecule has 288 valence electrons. The number of rotatable bonds is 9. The number of hydrogen-bond donors (Lipinski definition) is 3. The van der Waals surface area contributed by atoms with E-state index in [4.69, 9.17) is 4.74 Å². The van der Waals surface area contributed by atoms with E-state index in [1.807, 2.05) is 6.92 Å². The third-order valence-electron chi connectivity index (χ3n) is 10.4. The number of unbranched alkanes of at least 4 members (excludes halogenated alkanes) is 2. The van der Waals surface area contributed by atoms with Gasteiger partial charge in [0.1, 0.15) is 48.7 Å². The molecule has 0 radical (unpaired) electrons. The summed E-state index contributed by atoms with van der Waals surface area (Å²) in [4.78, 5) is 100. The summed E-state index contributed by atoms with van der Waals surface area (Å²) in [5.74, 6) is -4.67. The fourth-order valence-corrected chi connectivity index (χ4v) is 7.59. The molecule has 1 aromatic rings. The third-order valence-corrected chi connectivity index (χ3v) is 10.4. The second-order valence-electron chi connectivity index (χ2n) is 14.3. The summed E-state index contributed by atoms with van der Waals surface area (Å²) < 4.78 is 19.8. The lowest BCUT2D eigenvalue weighted by atomic mass is 9.99. The van der Waals surface area contributed by atoms with Gasteiger partial charge in [0.25, 0.3) is 0 Å². The van der Waals surface area contributed by atoms with Gasteiger partial charge in [-0.25, -0.2) is 9.18 Å². The number of halogens is 1. The molecule has 0 aromatic heterocycles. The molecule has 53 heavy (non-hydrogen) atoms. The molecule has 0 bridgehead atoms. The zero-order chi connectivity index (χ0) is 38.1. The Kier molecular flexibility index (Phi) is 13.6. The quantitative estimate of drug-likeness (QED) is 0.194. The fourth-order valence-electron chi connectivity index (χ4n) is 7.59. The molecular weight excluding hydrogens is 687 g/mol. The number of hydrogen-bond acceptors (Lipinski definition) is 8. The van der Waals surface area contributed by atoms with E-state index in [1.165, 1.54) is 39.0 Å². The van der Waals surface area contributed by atoms with Gasteiger partial charge < -0.3 is 35.4 Å². The van der Waals surface area contributed by atoms with Crippen LogP contribution in [0.5, 0.6) is 0 Å². The van der Waals surface area contributed by atoms with E-state index >= 15 is 0 Å². The van der Waals surface area contributed by atoms with Crippen LogP contribution < -0.4 is 16.0 Å². The summed E-state index contributed by atoms with van der Waals surface area (Å²) in [5.41, 5.74) is 0.418. The van der Waals surface area contributed by atoms with Gasteiger partial charge in [0, 0.05) is 26.1 Å². The van der Waals surface area contributed by atoms with Crippen molar-refractivity contribution < 1.29 is 42.7 Å². The summed E-state index contributed by atoms with van der Waals surface area (Å²) in [6.45, 7) is 3.71. The first-order chi connectivity index (χ1) is 25.5. The first-order valence-corrected chi connectivity index (χ1v) is 18.9. The maximum absolute atomic E-state index is 14.4. The summed E-state index contributed by atoms with van der Waals surface area (Å²) in [6, 6.07) is -0.834. The van der Waals surface area contributed by atoms with Crippen molar-refractivity contribution in [1.29, 1.82) is 0 Å². The Labute approximate surface area is 309 Å². The van der Waals surface area contributed by atoms with E-state index in [0.29, 0.717) is 63.5 Å². The number of benzene rings is 1. The van der Waals surface area contributed by atoms with Gasteiger partial charge in [-0.05, 0) is 82.1 Å². The van der Waals surface area contributed by atoms with E-state index in [9.17, 15) is 38.0 Å². The number of fused-ring (bicyclic) bond motifs is 3. The topological polar surface area (TPSA) is 175 Å². The highest BCUT2D eigenvalue weighted by Gasteiger charge is 2.45. The fraction of sp³-hybridized carbons (Fsp3) is 0.605. The summed E-state index contributed by atoms with van der Waals surface area (Å²) in [7, 11) is 0. The van der Waals surface area contributed by atoms with Gasteiger partial charge in [-0.15, -0.1) is 0 Å². The first kappa shape index (κ1) is 39.4. The van der Waals surface area contributed by atoms with Crippen molar-refractivity contribution in [2.24, 2.45) is 0 Å². The van der Waals surface area contributed by atoms with E-state index in [0.717, 1.165) is 12.8 Å². The van der Waals surface area contributed by atoms with Gasteiger partial charge in [-0.1, -0.05) is 38.0 Å². The van der Waals surface area contributed by atoms with E-state index in [-0.39, 0.29) is 19.5 Å². The number of amides is 6. The van der Waals surface area contributed by atoms with Crippen molar-refractivity contribution in [3.05, 3.63) is 47.8 Å². The van der Waals surface area contributed by atoms with Gasteiger partial charge in [-0.3, -0.25) is 28.8 Å². The number of carbonyl (C=O) groups is 7. The minimum atomic E-state index is -1.47. The molecule has 1 aromatic carbocycles. The minimum absolute atomic E-state index is 0.112. The molecular formula is C38H51FN6O8. The van der Waals surface area contributed by atoms with Crippen molar-refractivity contribution in [3.8, 4) is 0 Å². The predicted octanol–water partition coefficient (Wildman–Crippen LogP) is 1.51. The van der Waals surface area contributed by atoms with Crippen LogP contribution in [0.25, 0.3) is 0 Å². The van der Waals surface area contributed by atoms with Crippen LogP contribution in [-0.4, -0.2) is 119 Å². The molecule has 4 aliphatic rings. The number of cyclic esters (lactones) is 1. The van der Waals surface area contributed by atoms with Gasteiger partial charge in [-0.2, -0.15) is 0 Å². The molecule has 4 heterocycles. The molecule has 15 heteroatoms. The van der Waals surface area contributed by atoms with Crippen LogP contribution in [0.3, 0.4) is 0 Å². The van der Waals surface area contributed by atoms with Crippen molar-refractivity contribution in [1.82, 2.24) is 30.7 Å². The number of carbonyl (C=O) groups excluding carboxylic acids is 7. The lowest BCUT2D eigenvalue weighted by Gasteiger charge is -2.39. The normalized spacial score (nSPS) is 26.4. The van der Waals surface area contributed by atoms with Gasteiger partial charge in [0.15, 0.2) is 0 Å². The molecule has 0 saturated carbocycles. The predicted molar refractivity (Wildman–Crippen MR) is 190 cm³/mol. The lowest BCUT2D eigenvalue weighted by molar-refractivity contribution is -0.158. The molecule has 6 amide bonds. The average Bonchev–Trinajstić information content (AvgIpc) is 3.84. The first-order valence-electron chi connectivity index (χ1n) is 18.9. The number of piperidine rings is 1. The minimum Gasteiger partial charge on any atom is -0.461 e. The molecule has 4 aliphatic heterocycles. The molecule has 4 fully saturated rings. The molecule has 3 N–H and O–H groups in total. The van der Waals surface area contributed by atoms with Gasteiger partial charge >= 0.3 is 5.97 Å². The van der Waals surface area contributed by atoms with Crippen LogP contribution in [0, 0.1) is 5.82 Å². The summed E-state index contributed by atoms with van der Waals surface area (Å²) in [5, 5.41) is 8.09. The van der Waals surface area contributed by atoms with Crippen molar-refractivity contribution in [2.75, 3.05) is 26.2 Å². The largest absolute Gasteiger partial charge is 0.461 e. The molecule has 0 spiro atoms. The SMILES string of the molecule is CCCC/C=C/C(=O)N[C@@H](Cc1cccc(F)c1)C(=O)N[C@H]1COC(=O)[C@H]2CCCN2C(=O)[C@H](C)NC(=O)[C@H]2CCCCN2C(=O)[C@H]2CCCN2C1=O. The smallest absolute Gasteiger partial charge is 0.328 e. The summed E-state index contributed by atoms with van der Waals surface area (Å²) >= 11 is 0. The maximum atomic E-state index is 14.4. The monoisotopic (exact) mass is 738 g/mol. The van der Waals surface area contributed by atoms with Crippen LogP contribution in [0.4, 0.5) is 4.39 Å². The van der Waals surface area contributed by atoms with E-state index < -0.39 is 90.1 Å². The highest BCUT2D eigenvalue weighted by molar-refractivity contribution is 5.98. The molecule has 6 atom stereocenters. The number of nitrogens with zero attached hydrogens (tertiary/aromatic N) is 3.